The van der Waals surface area contributed by atoms with Crippen LogP contribution < -0.4 is 14.8 Å². The van der Waals surface area contributed by atoms with Crippen LogP contribution in [0.15, 0.2) is 18.2 Å². The molecule has 0 radical (unpaired) electrons. The maximum absolute atomic E-state index is 12.4. The van der Waals surface area contributed by atoms with Crippen molar-refractivity contribution in [1.29, 1.82) is 0 Å². The van der Waals surface area contributed by atoms with E-state index in [9.17, 15) is 14.7 Å². The molecule has 0 fully saturated rings. The second kappa shape index (κ2) is 10.1. The van der Waals surface area contributed by atoms with Crippen molar-refractivity contribution in [1.82, 2.24) is 5.32 Å². The van der Waals surface area contributed by atoms with Crippen molar-refractivity contribution in [3.05, 3.63) is 23.8 Å². The number of hydrogen-bond donors (Lipinski definition) is 2. The highest BCUT2D eigenvalue weighted by Crippen LogP contribution is 2.26. The van der Waals surface area contributed by atoms with Crippen LogP contribution in [-0.2, 0) is 9.53 Å². The number of ketones is 1. The molecule has 0 amide bonds. The number of carbonyl (C=O) groups is 2. The zero-order chi connectivity index (χ0) is 19.7. The van der Waals surface area contributed by atoms with Crippen LogP contribution in [-0.4, -0.2) is 55.9 Å². The molecule has 0 bridgehead atoms. The quantitative estimate of drug-likeness (QED) is 0.482. The van der Waals surface area contributed by atoms with E-state index >= 15 is 0 Å². The van der Waals surface area contributed by atoms with E-state index in [2.05, 4.69) is 10.1 Å². The molecule has 1 atom stereocenters. The number of rotatable bonds is 10. The largest absolute Gasteiger partial charge is 0.497 e. The Kier molecular flexibility index (Phi) is 8.54. The number of β-amino-alcohol motifs (C(OH)–C–C–N with tert-alkyl or cyclic N) is 1. The fourth-order valence-corrected chi connectivity index (χ4v) is 2.10. The number of Topliss-reactive ketones (excluding diaryl/α,β-unsaturated/α-hetero) is 1. The number of aliphatic hydroxyl groups is 1. The Morgan fingerprint density at radius 1 is 1.19 bits per heavy atom. The van der Waals surface area contributed by atoms with Gasteiger partial charge in [0.15, 0.2) is 5.78 Å². The molecular weight excluding hydrogens is 338 g/mol. The Morgan fingerprint density at radius 2 is 1.88 bits per heavy atom. The summed E-state index contributed by atoms with van der Waals surface area (Å²) in [6.45, 7) is 6.41. The van der Waals surface area contributed by atoms with E-state index in [0.717, 1.165) is 0 Å². The van der Waals surface area contributed by atoms with E-state index in [4.69, 9.17) is 9.47 Å². The molecule has 7 heteroatoms. The summed E-state index contributed by atoms with van der Waals surface area (Å²) in [5, 5.41) is 13.2. The summed E-state index contributed by atoms with van der Waals surface area (Å²) >= 11 is 0. The number of aliphatic hydroxyl groups excluding tert-OH is 1. The molecule has 0 spiro atoms. The average molecular weight is 367 g/mol. The average Bonchev–Trinajstić information content (AvgIpc) is 2.61. The van der Waals surface area contributed by atoms with Gasteiger partial charge in [-0.05, 0) is 39.0 Å². The minimum absolute atomic E-state index is 0.00430. The van der Waals surface area contributed by atoms with E-state index in [1.54, 1.807) is 18.2 Å². The molecule has 2 N–H and O–H groups in total. The molecule has 0 saturated carbocycles. The standard InChI is InChI=1S/C19H29NO6/c1-19(2,3)20-11-13(21)12-26-17-8-6-14(24-4)10-15(17)16(22)7-9-18(23)25-5/h6,8,10,13,20-21H,7,9,11-12H2,1-5H3. The third-order valence-electron chi connectivity index (χ3n) is 3.57. The second-order valence-corrected chi connectivity index (χ2v) is 6.96. The van der Waals surface area contributed by atoms with Crippen LogP contribution in [0, 0.1) is 0 Å². The third-order valence-corrected chi connectivity index (χ3v) is 3.57. The SMILES string of the molecule is COC(=O)CCC(=O)c1cc(OC)ccc1OCC(O)CNC(C)(C)C. The lowest BCUT2D eigenvalue weighted by Gasteiger charge is -2.23. The van der Waals surface area contributed by atoms with Crippen LogP contribution in [0.3, 0.4) is 0 Å². The smallest absolute Gasteiger partial charge is 0.305 e. The molecule has 1 aromatic rings. The third kappa shape index (κ3) is 7.84. The lowest BCUT2D eigenvalue weighted by Crippen LogP contribution is -2.42. The van der Waals surface area contributed by atoms with Crippen LogP contribution in [0.1, 0.15) is 44.0 Å². The summed E-state index contributed by atoms with van der Waals surface area (Å²) < 4.78 is 15.3. The molecule has 146 valence electrons. The van der Waals surface area contributed by atoms with Crippen LogP contribution in [0.5, 0.6) is 11.5 Å². The van der Waals surface area contributed by atoms with Crippen molar-refractivity contribution in [2.75, 3.05) is 27.4 Å². The Hall–Kier alpha value is -2.12. The highest BCUT2D eigenvalue weighted by Gasteiger charge is 2.18. The van der Waals surface area contributed by atoms with Gasteiger partial charge in [0, 0.05) is 18.5 Å². The van der Waals surface area contributed by atoms with Crippen molar-refractivity contribution in [3.63, 3.8) is 0 Å². The van der Waals surface area contributed by atoms with Crippen molar-refractivity contribution in [3.8, 4) is 11.5 Å². The number of methoxy groups -OCH3 is 2. The summed E-state index contributed by atoms with van der Waals surface area (Å²) in [7, 11) is 2.78. The number of benzene rings is 1. The number of hydrogen-bond acceptors (Lipinski definition) is 7. The molecule has 0 heterocycles. The molecule has 7 nitrogen and oxygen atoms in total. The maximum atomic E-state index is 12.4. The lowest BCUT2D eigenvalue weighted by molar-refractivity contribution is -0.140. The fourth-order valence-electron chi connectivity index (χ4n) is 2.10. The summed E-state index contributed by atoms with van der Waals surface area (Å²) in [5.41, 5.74) is 0.195. The van der Waals surface area contributed by atoms with Crippen LogP contribution in [0.4, 0.5) is 0 Å². The lowest BCUT2D eigenvalue weighted by atomic mass is 10.0. The first-order valence-electron chi connectivity index (χ1n) is 8.50. The zero-order valence-corrected chi connectivity index (χ0v) is 16.1. The van der Waals surface area contributed by atoms with E-state index in [0.29, 0.717) is 23.6 Å². The summed E-state index contributed by atoms with van der Waals surface area (Å²) in [5.74, 6) is 0.142. The molecule has 0 saturated heterocycles. The van der Waals surface area contributed by atoms with Gasteiger partial charge in [-0.3, -0.25) is 9.59 Å². The van der Waals surface area contributed by atoms with Crippen molar-refractivity contribution < 1.29 is 28.9 Å². The van der Waals surface area contributed by atoms with Gasteiger partial charge in [0.05, 0.1) is 26.2 Å². The number of carbonyl (C=O) groups excluding carboxylic acids is 2. The molecule has 1 unspecified atom stereocenters. The predicted molar refractivity (Wildman–Crippen MR) is 97.8 cm³/mol. The van der Waals surface area contributed by atoms with Crippen LogP contribution in [0.2, 0.25) is 0 Å². The number of ether oxygens (including phenoxy) is 3. The molecule has 1 aromatic carbocycles. The maximum Gasteiger partial charge on any atom is 0.305 e. The van der Waals surface area contributed by atoms with Crippen LogP contribution >= 0.6 is 0 Å². The first kappa shape index (κ1) is 21.9. The highest BCUT2D eigenvalue weighted by atomic mass is 16.5. The first-order valence-corrected chi connectivity index (χ1v) is 8.50. The van der Waals surface area contributed by atoms with Gasteiger partial charge in [-0.1, -0.05) is 0 Å². The van der Waals surface area contributed by atoms with Gasteiger partial charge in [0.2, 0.25) is 0 Å². The molecule has 0 aliphatic carbocycles. The molecule has 26 heavy (non-hydrogen) atoms. The summed E-state index contributed by atoms with van der Waals surface area (Å²) in [6.07, 6.45) is -0.733. The summed E-state index contributed by atoms with van der Waals surface area (Å²) in [4.78, 5) is 23.7. The predicted octanol–water partition coefficient (Wildman–Crippen LogP) is 1.96. The molecule has 0 aliphatic rings. The molecule has 0 aliphatic heterocycles. The van der Waals surface area contributed by atoms with Gasteiger partial charge < -0.3 is 24.6 Å². The van der Waals surface area contributed by atoms with Crippen LogP contribution in [0.25, 0.3) is 0 Å². The van der Waals surface area contributed by atoms with Gasteiger partial charge in [-0.2, -0.15) is 0 Å². The Morgan fingerprint density at radius 3 is 2.46 bits per heavy atom. The Labute approximate surface area is 154 Å². The fraction of sp³-hybridized carbons (Fsp3) is 0.579. The highest BCUT2D eigenvalue weighted by molar-refractivity contribution is 6.00. The first-order chi connectivity index (χ1) is 12.2. The van der Waals surface area contributed by atoms with E-state index < -0.39 is 12.1 Å². The topological polar surface area (TPSA) is 94.1 Å². The molecular formula is C19H29NO6. The molecule has 0 aromatic heterocycles. The minimum atomic E-state index is -0.727. The zero-order valence-electron chi connectivity index (χ0n) is 16.1. The van der Waals surface area contributed by atoms with Gasteiger partial charge in [0.1, 0.15) is 24.2 Å². The van der Waals surface area contributed by atoms with Crippen molar-refractivity contribution >= 4 is 11.8 Å². The minimum Gasteiger partial charge on any atom is -0.497 e. The van der Waals surface area contributed by atoms with Crippen molar-refractivity contribution in [2.45, 2.75) is 45.3 Å². The van der Waals surface area contributed by atoms with E-state index in [1.807, 2.05) is 20.8 Å². The normalized spacial score (nSPS) is 12.4. The van der Waals surface area contributed by atoms with E-state index in [-0.39, 0.29) is 30.8 Å². The van der Waals surface area contributed by atoms with Gasteiger partial charge in [0.25, 0.3) is 0 Å². The second-order valence-electron chi connectivity index (χ2n) is 6.96. The van der Waals surface area contributed by atoms with Gasteiger partial charge in [-0.15, -0.1) is 0 Å². The Balaban J connectivity index is 2.77. The monoisotopic (exact) mass is 367 g/mol. The van der Waals surface area contributed by atoms with E-state index in [1.165, 1.54) is 14.2 Å². The summed E-state index contributed by atoms with van der Waals surface area (Å²) in [6, 6.07) is 4.86. The number of nitrogens with one attached hydrogen (secondary N) is 1. The number of esters is 1. The molecule has 1 rings (SSSR count). The Bertz CT molecular complexity index is 609. The van der Waals surface area contributed by atoms with Gasteiger partial charge in [-0.25, -0.2) is 0 Å². The van der Waals surface area contributed by atoms with Crippen molar-refractivity contribution in [2.24, 2.45) is 0 Å². The van der Waals surface area contributed by atoms with Gasteiger partial charge >= 0.3 is 5.97 Å².